The molecule has 10 aromatic rings. The second-order valence-electron chi connectivity index (χ2n) is 34.5. The van der Waals surface area contributed by atoms with E-state index in [4.69, 9.17) is 14.7 Å². The fourth-order valence-corrected chi connectivity index (χ4v) is 23.3. The Bertz CT molecular complexity index is 5220. The minimum atomic E-state index is -4.23. The molecule has 0 bridgehead atoms. The Morgan fingerprint density at radius 2 is 0.853 bits per heavy atom. The van der Waals surface area contributed by atoms with Crippen molar-refractivity contribution < 1.29 is 62.2 Å². The molecule has 1 N–H and O–H groups in total. The second kappa shape index (κ2) is 31.6. The number of benzene rings is 1. The third kappa shape index (κ3) is 17.9. The minimum absolute atomic E-state index is 0.210. The standard InChI is InChI=1S/C24H21F3N6S.C20H25F3N4OS.C19H25F3N4S.C17H19F3N4OS/c1-14-15(2-3-20-18(14)4-16(7-28)31-20)8-32-9-23(10-32)11-33(12-23)21-19-5-17(6-24(25,26)27)34-22(19)30-13-29-21;21-20(22,23)8-15-7-16-17(24-13-25-18(16)29-15)27-11-19(12-27)3-4-26(10-19)9-14-1-5-28-6-2-14;1-3-13(2)8-25-5-4-18(9-25)10-26(11-18)16-15-6-14(7-19(20,21)22)27-17(15)24-12-23-16;18-17(19,20)2-12-1-13-14(21-10-22-15(13)26-12)24-8-16(9-24)6-23(7-16)3-11-4-25-5-11/h2-5,13,31H,6,8-12H2,1H3;7,13-14H,1-6,8-12H2;6,12-13H,3-5,7-11H2,1-2H3;1,10-11H,2-9H2. The first-order valence-corrected chi connectivity index (χ1v) is 42.8. The summed E-state index contributed by atoms with van der Waals surface area (Å²) in [5, 5.41) is 13.2. The number of halogens is 12. The number of thiophene rings is 4. The van der Waals surface area contributed by atoms with Gasteiger partial charge in [0.05, 0.1) is 60.4 Å². The Kier molecular flexibility index (Phi) is 22.0. The molecule has 1 unspecified atom stereocenters. The number of ether oxygens (including phenoxy) is 2. The maximum absolute atomic E-state index is 12.8. The van der Waals surface area contributed by atoms with Crippen molar-refractivity contribution in [2.24, 2.45) is 39.4 Å². The van der Waals surface area contributed by atoms with Crippen molar-refractivity contribution in [3.05, 3.63) is 104 Å². The molecular weight excluding hydrogens is 1600 g/mol. The van der Waals surface area contributed by atoms with Crippen molar-refractivity contribution >= 4 is 120 Å². The van der Waals surface area contributed by atoms with Crippen molar-refractivity contribution in [1.82, 2.24) is 64.5 Å². The van der Waals surface area contributed by atoms with Crippen LogP contribution in [0.3, 0.4) is 0 Å². The Morgan fingerprint density at radius 3 is 1.24 bits per heavy atom. The van der Waals surface area contributed by atoms with Crippen LogP contribution in [0.5, 0.6) is 0 Å². The number of rotatable bonds is 17. The summed E-state index contributed by atoms with van der Waals surface area (Å²) in [4.78, 5) is 59.9. The van der Waals surface area contributed by atoms with Gasteiger partial charge in [0.25, 0.3) is 0 Å². The summed E-state index contributed by atoms with van der Waals surface area (Å²) in [7, 11) is 0. The number of hydrogen-bond donors (Lipinski definition) is 1. The maximum Gasteiger partial charge on any atom is 0.393 e. The van der Waals surface area contributed by atoms with Crippen molar-refractivity contribution in [3.8, 4) is 6.07 Å². The molecule has 116 heavy (non-hydrogen) atoms. The summed E-state index contributed by atoms with van der Waals surface area (Å²) >= 11 is 4.43. The van der Waals surface area contributed by atoms with Crippen LogP contribution in [-0.4, -0.2) is 240 Å². The average molecular weight is 1690 g/mol. The van der Waals surface area contributed by atoms with E-state index in [0.29, 0.717) is 67.2 Å². The topological polar surface area (TPSA) is 187 Å². The number of nitriles is 1. The van der Waals surface area contributed by atoms with Crippen LogP contribution in [0.1, 0.15) is 82.3 Å². The van der Waals surface area contributed by atoms with Gasteiger partial charge in [-0.2, -0.15) is 57.9 Å². The first kappa shape index (κ1) is 80.9. The number of likely N-dealkylation sites (tertiary alicyclic amines) is 4. The highest BCUT2D eigenvalue weighted by atomic mass is 32.1. The molecule has 0 amide bonds. The van der Waals surface area contributed by atoms with Gasteiger partial charge in [0.1, 0.15) is 79.7 Å². The predicted molar refractivity (Wildman–Crippen MR) is 426 cm³/mol. The van der Waals surface area contributed by atoms with E-state index in [1.807, 2.05) is 12.1 Å². The lowest BCUT2D eigenvalue weighted by atomic mass is 9.72. The molecule has 620 valence electrons. The normalized spacial score (nSPS) is 21.1. The fraction of sp³-hybridized carbons (Fsp3) is 0.588. The van der Waals surface area contributed by atoms with Crippen LogP contribution in [-0.2, 0) is 41.7 Å². The van der Waals surface area contributed by atoms with Gasteiger partial charge in [-0.15, -0.1) is 45.3 Å². The second-order valence-corrected chi connectivity index (χ2v) is 38.9. The molecule has 10 aliphatic heterocycles. The molecule has 20 nitrogen and oxygen atoms in total. The summed E-state index contributed by atoms with van der Waals surface area (Å²) in [6.45, 7) is 30.4. The average Bonchev–Trinajstić information content (AvgIpc) is 0.879. The van der Waals surface area contributed by atoms with Gasteiger partial charge >= 0.3 is 24.7 Å². The summed E-state index contributed by atoms with van der Waals surface area (Å²) in [6.07, 6.45) is -8.72. The Labute approximate surface area is 678 Å². The number of fused-ring (bicyclic) bond motifs is 5. The lowest BCUT2D eigenvalue weighted by Crippen LogP contribution is -2.73. The summed E-state index contributed by atoms with van der Waals surface area (Å²) in [5.41, 5.74) is 5.16. The van der Waals surface area contributed by atoms with E-state index >= 15 is 0 Å². The van der Waals surface area contributed by atoms with E-state index in [-0.39, 0.29) is 10.3 Å². The first-order valence-electron chi connectivity index (χ1n) is 39.5. The molecule has 36 heteroatoms. The van der Waals surface area contributed by atoms with Gasteiger partial charge < -0.3 is 48.8 Å². The van der Waals surface area contributed by atoms with E-state index in [1.54, 1.807) is 24.3 Å². The molecule has 10 aliphatic rings. The molecule has 10 fully saturated rings. The highest BCUT2D eigenvalue weighted by molar-refractivity contribution is 7.19. The van der Waals surface area contributed by atoms with Crippen LogP contribution >= 0.6 is 45.3 Å². The zero-order valence-corrected chi connectivity index (χ0v) is 67.8. The van der Waals surface area contributed by atoms with Gasteiger partial charge in [-0.25, -0.2) is 39.9 Å². The predicted octanol–water partition coefficient (Wildman–Crippen LogP) is 15.4. The van der Waals surface area contributed by atoms with Crippen molar-refractivity contribution in [3.63, 3.8) is 0 Å². The quantitative estimate of drug-likeness (QED) is 0.0847. The van der Waals surface area contributed by atoms with Gasteiger partial charge in [-0.1, -0.05) is 26.3 Å². The van der Waals surface area contributed by atoms with Crippen LogP contribution < -0.4 is 19.6 Å². The Hall–Kier alpha value is -7.47. The summed E-state index contributed by atoms with van der Waals surface area (Å²) in [5.74, 6) is 5.23. The molecule has 20 rings (SSSR count). The number of H-pyrrole nitrogens is 1. The number of aryl methyl sites for hydroxylation is 1. The Balaban J connectivity index is 0.000000112. The molecule has 0 saturated carbocycles. The van der Waals surface area contributed by atoms with Gasteiger partial charge in [-0.05, 0) is 105 Å². The minimum Gasteiger partial charge on any atom is -0.381 e. The van der Waals surface area contributed by atoms with Crippen molar-refractivity contribution in [2.75, 3.05) is 170 Å². The van der Waals surface area contributed by atoms with Crippen LogP contribution in [0.2, 0.25) is 0 Å². The first-order chi connectivity index (χ1) is 55.3. The third-order valence-corrected chi connectivity index (χ3v) is 28.8. The van der Waals surface area contributed by atoms with Crippen molar-refractivity contribution in [2.45, 2.75) is 110 Å². The van der Waals surface area contributed by atoms with Gasteiger partial charge in [0.2, 0.25) is 0 Å². The summed E-state index contributed by atoms with van der Waals surface area (Å²) in [6, 6.07) is 14.7. The van der Waals surface area contributed by atoms with E-state index in [1.165, 1.54) is 55.7 Å². The van der Waals surface area contributed by atoms with Crippen LogP contribution in [0.15, 0.2) is 67.8 Å². The smallest absolute Gasteiger partial charge is 0.381 e. The number of nitrogens with one attached hydrogen (secondary N) is 1. The van der Waals surface area contributed by atoms with E-state index in [9.17, 15) is 52.7 Å². The maximum atomic E-state index is 12.8. The van der Waals surface area contributed by atoms with E-state index in [0.717, 1.165) is 278 Å². The Morgan fingerprint density at radius 1 is 0.474 bits per heavy atom. The number of alkyl halides is 12. The summed E-state index contributed by atoms with van der Waals surface area (Å²) < 4.78 is 164. The zero-order chi connectivity index (χ0) is 80.9. The number of anilines is 4. The van der Waals surface area contributed by atoms with Crippen LogP contribution in [0.25, 0.3) is 51.8 Å². The highest BCUT2D eigenvalue weighted by Gasteiger charge is 2.55. The van der Waals surface area contributed by atoms with Gasteiger partial charge in [0, 0.05) is 189 Å². The molecular formula is C80H90F12N18O2S4. The molecule has 1 atom stereocenters. The lowest BCUT2D eigenvalue weighted by molar-refractivity contribution is -0.127. The number of nitrogens with zero attached hydrogens (tertiary/aromatic N) is 17. The number of hydrogen-bond acceptors (Lipinski definition) is 23. The lowest BCUT2D eigenvalue weighted by Gasteiger charge is -2.61. The molecule has 1 aromatic carbocycles. The highest BCUT2D eigenvalue weighted by Crippen LogP contribution is 2.50. The zero-order valence-electron chi connectivity index (χ0n) is 64.5. The fourth-order valence-electron chi connectivity index (χ4n) is 19.2. The van der Waals surface area contributed by atoms with Crippen LogP contribution in [0.4, 0.5) is 76.0 Å². The van der Waals surface area contributed by atoms with Crippen LogP contribution in [0, 0.1) is 57.7 Å². The molecule has 4 spiro atoms. The molecule has 0 aliphatic carbocycles. The largest absolute Gasteiger partial charge is 0.393 e. The van der Waals surface area contributed by atoms with Gasteiger partial charge in [-0.3, -0.25) is 4.90 Å². The third-order valence-electron chi connectivity index (χ3n) is 24.7. The molecule has 19 heterocycles. The molecule has 0 radical (unpaired) electrons. The number of aromatic amines is 1. The monoisotopic (exact) mass is 1690 g/mol. The number of aromatic nitrogens is 9. The van der Waals surface area contributed by atoms with E-state index in [2.05, 4.69) is 117 Å². The van der Waals surface area contributed by atoms with Gasteiger partial charge in [0.15, 0.2) is 0 Å². The van der Waals surface area contributed by atoms with E-state index < -0.39 is 50.4 Å². The van der Waals surface area contributed by atoms with Crippen molar-refractivity contribution in [1.29, 1.82) is 5.26 Å². The SMILES string of the molecule is CCC(C)CN1CCC2(C1)CN(c1ncnc3sc(CC(F)(F)F)cc13)C2.Cc1c(CN2CC3(C2)CN(c2ncnc4sc(CC(F)(F)F)cc24)C3)ccc2[nH]c(C#N)cc12.FC(F)(F)Cc1cc2c(N3CC4(CCN(CC5CCOCC5)C4)C3)ncnc2s1.FC(F)(F)Cc1cc2c(N3CC4(CN(CC5COC5)C4)C3)ncnc2s1. The molecule has 10 saturated heterocycles. The molecule has 9 aromatic heterocycles.